The van der Waals surface area contributed by atoms with Gasteiger partial charge in [0.05, 0.1) is 13.7 Å². The molecule has 3 aromatic carbocycles. The molecule has 0 aliphatic rings. The lowest BCUT2D eigenvalue weighted by atomic mass is 10.1. The molecule has 0 aliphatic carbocycles. The van der Waals surface area contributed by atoms with Crippen LogP contribution in [0, 0.1) is 0 Å². The van der Waals surface area contributed by atoms with Crippen molar-refractivity contribution in [2.75, 3.05) is 20.7 Å². The lowest BCUT2D eigenvalue weighted by Gasteiger charge is -2.28. The van der Waals surface area contributed by atoms with Crippen LogP contribution in [0.3, 0.4) is 0 Å². The maximum atomic E-state index is 13.4. The van der Waals surface area contributed by atoms with E-state index in [2.05, 4.69) is 23.0 Å². The number of unbranched alkanes of at least 4 members (excludes halogenated alkanes) is 3. The van der Waals surface area contributed by atoms with E-state index >= 15 is 0 Å². The Kier molecular flexibility index (Phi) is 10.3. The van der Waals surface area contributed by atoms with Gasteiger partial charge in [0.15, 0.2) is 5.84 Å². The first-order chi connectivity index (χ1) is 17.4. The first-order valence-electron chi connectivity index (χ1n) is 12.0. The molecule has 0 radical (unpaired) electrons. The van der Waals surface area contributed by atoms with Crippen LogP contribution in [0.5, 0.6) is 5.75 Å². The summed E-state index contributed by atoms with van der Waals surface area (Å²) in [6.45, 7) is 3.16. The first-order valence-corrected chi connectivity index (χ1v) is 12.9. The van der Waals surface area contributed by atoms with E-state index < -0.39 is 0 Å². The molecule has 4 N–H and O–H groups in total. The smallest absolute Gasteiger partial charge is 0.335 e. The van der Waals surface area contributed by atoms with E-state index in [0.717, 1.165) is 52.7 Å². The van der Waals surface area contributed by atoms with Gasteiger partial charge in [-0.1, -0.05) is 61.7 Å². The molecule has 0 saturated carbocycles. The zero-order valence-corrected chi connectivity index (χ0v) is 21.9. The number of nitrogens with two attached hydrogens (primary N) is 1. The fourth-order valence-electron chi connectivity index (χ4n) is 3.79. The summed E-state index contributed by atoms with van der Waals surface area (Å²) in [5.74, 6) is 0.840. The molecule has 3 aromatic rings. The number of ether oxygens (including phenoxy) is 1. The molecule has 2 amide bonds. The zero-order chi connectivity index (χ0) is 25.9. The third-order valence-electron chi connectivity index (χ3n) is 5.87. The molecule has 0 spiro atoms. The number of hydrogen-bond donors (Lipinski definition) is 3. The summed E-state index contributed by atoms with van der Waals surface area (Å²) in [6.07, 6.45) is 4.37. The zero-order valence-electron chi connectivity index (χ0n) is 21.1. The predicted molar refractivity (Wildman–Crippen MR) is 146 cm³/mol. The Morgan fingerprint density at radius 3 is 2.61 bits per heavy atom. The van der Waals surface area contributed by atoms with Crippen molar-refractivity contribution in [3.8, 4) is 5.75 Å². The predicted octanol–water partition coefficient (Wildman–Crippen LogP) is 5.59. The Morgan fingerprint density at radius 2 is 1.86 bits per heavy atom. The molecule has 0 atom stereocenters. The number of carbonyl (C=O) groups excluding carboxylic acids is 1. The molecule has 3 rings (SSSR count). The normalized spacial score (nSPS) is 11.5. The Hall–Kier alpha value is -3.43. The minimum Gasteiger partial charge on any atom is -0.497 e. The van der Waals surface area contributed by atoms with Gasteiger partial charge in [0, 0.05) is 24.1 Å². The molecule has 192 valence electrons. The summed E-state index contributed by atoms with van der Waals surface area (Å²) >= 11 is 1.37. The number of rotatable bonds is 12. The number of methoxy groups -OCH3 is 1. The van der Waals surface area contributed by atoms with Crippen molar-refractivity contribution in [3.05, 3.63) is 71.8 Å². The Labute approximate surface area is 217 Å². The molecule has 9 heteroatoms. The molecular weight excluding hydrogens is 474 g/mol. The molecule has 8 nitrogen and oxygen atoms in total. The number of oxime groups is 1. The number of hydrazine groups is 1. The van der Waals surface area contributed by atoms with Crippen LogP contribution in [0.1, 0.15) is 43.7 Å². The highest BCUT2D eigenvalue weighted by Gasteiger charge is 2.19. The van der Waals surface area contributed by atoms with E-state index in [1.807, 2.05) is 55.6 Å². The summed E-state index contributed by atoms with van der Waals surface area (Å²) in [5.41, 5.74) is 7.21. The number of urea groups is 1. The van der Waals surface area contributed by atoms with Gasteiger partial charge in [-0.05, 0) is 65.0 Å². The first kappa shape index (κ1) is 27.2. The van der Waals surface area contributed by atoms with Gasteiger partial charge in [-0.25, -0.2) is 9.80 Å². The molecule has 36 heavy (non-hydrogen) atoms. The van der Waals surface area contributed by atoms with Crippen LogP contribution in [0.15, 0.2) is 70.7 Å². The maximum absolute atomic E-state index is 13.4. The summed E-state index contributed by atoms with van der Waals surface area (Å²) in [4.78, 5) is 19.3. The van der Waals surface area contributed by atoms with Gasteiger partial charge >= 0.3 is 6.03 Å². The van der Waals surface area contributed by atoms with E-state index in [1.54, 1.807) is 23.1 Å². The van der Waals surface area contributed by atoms with Gasteiger partial charge in [0.1, 0.15) is 5.75 Å². The Morgan fingerprint density at radius 1 is 1.08 bits per heavy atom. The second-order valence-corrected chi connectivity index (χ2v) is 9.46. The van der Waals surface area contributed by atoms with Gasteiger partial charge in [0.25, 0.3) is 0 Å². The SMILES string of the molecule is CCCCCCN(C)C(=O)N(Cc1cccc(/C(N)=N/O)c1)NSc1ccc2cc(OC)ccc2c1. The molecule has 0 aliphatic heterocycles. The highest BCUT2D eigenvalue weighted by Crippen LogP contribution is 2.26. The van der Waals surface area contributed by atoms with Gasteiger partial charge < -0.3 is 20.6 Å². The second kappa shape index (κ2) is 13.6. The number of carbonyl (C=O) groups is 1. The lowest BCUT2D eigenvalue weighted by molar-refractivity contribution is 0.152. The van der Waals surface area contributed by atoms with Crippen LogP contribution >= 0.6 is 11.9 Å². The quantitative estimate of drug-likeness (QED) is 0.0734. The van der Waals surface area contributed by atoms with Crippen molar-refractivity contribution in [1.29, 1.82) is 0 Å². The van der Waals surface area contributed by atoms with Crippen molar-refractivity contribution < 1.29 is 14.7 Å². The van der Waals surface area contributed by atoms with Crippen molar-refractivity contribution >= 4 is 34.6 Å². The highest BCUT2D eigenvalue weighted by molar-refractivity contribution is 7.97. The summed E-state index contributed by atoms with van der Waals surface area (Å²) in [7, 11) is 3.48. The standard InChI is InChI=1S/C27H35N5O3S/c1-4-5-6-7-15-31(2)27(33)32(19-20-9-8-10-23(16-20)26(28)29-34)30-36-25-14-12-21-17-24(35-3)13-11-22(21)18-25/h8-14,16-18,30,34H,4-7,15,19H2,1-3H3,(H2,28,29). The van der Waals surface area contributed by atoms with E-state index in [0.29, 0.717) is 18.7 Å². The molecule has 0 saturated heterocycles. The van der Waals surface area contributed by atoms with Gasteiger partial charge in [-0.15, -0.1) is 0 Å². The van der Waals surface area contributed by atoms with E-state index in [1.165, 1.54) is 11.9 Å². The van der Waals surface area contributed by atoms with Gasteiger partial charge in [0.2, 0.25) is 0 Å². The largest absolute Gasteiger partial charge is 0.497 e. The second-order valence-electron chi connectivity index (χ2n) is 8.60. The minimum atomic E-state index is -0.126. The van der Waals surface area contributed by atoms with Crippen molar-refractivity contribution in [2.24, 2.45) is 10.9 Å². The van der Waals surface area contributed by atoms with Crippen LogP contribution in [0.2, 0.25) is 0 Å². The van der Waals surface area contributed by atoms with Crippen LogP contribution < -0.4 is 15.3 Å². The van der Waals surface area contributed by atoms with Gasteiger partial charge in [-0.2, -0.15) is 4.83 Å². The highest BCUT2D eigenvalue weighted by atomic mass is 32.2. The van der Waals surface area contributed by atoms with Gasteiger partial charge in [-0.3, -0.25) is 0 Å². The number of nitrogens with one attached hydrogen (secondary N) is 1. The average molecular weight is 510 g/mol. The summed E-state index contributed by atoms with van der Waals surface area (Å²) < 4.78 is 5.31. The molecule has 0 heterocycles. The number of amides is 2. The Bertz CT molecular complexity index is 1190. The van der Waals surface area contributed by atoms with Crippen molar-refractivity contribution in [2.45, 2.75) is 44.0 Å². The molecule has 0 bridgehead atoms. The molecule has 0 unspecified atom stereocenters. The molecule has 0 aromatic heterocycles. The lowest BCUT2D eigenvalue weighted by Crippen LogP contribution is -2.46. The molecular formula is C27H35N5O3S. The fourth-order valence-corrected chi connectivity index (χ4v) is 4.47. The van der Waals surface area contributed by atoms with E-state index in [9.17, 15) is 4.79 Å². The van der Waals surface area contributed by atoms with Crippen LogP contribution in [0.25, 0.3) is 10.8 Å². The third kappa shape index (κ3) is 7.53. The van der Waals surface area contributed by atoms with Crippen LogP contribution in [0.4, 0.5) is 4.79 Å². The number of hydrogen-bond acceptors (Lipinski definition) is 6. The number of amidine groups is 1. The Balaban J connectivity index is 1.76. The molecule has 0 fully saturated rings. The van der Waals surface area contributed by atoms with Crippen LogP contribution in [-0.2, 0) is 6.54 Å². The number of benzene rings is 3. The van der Waals surface area contributed by atoms with E-state index in [4.69, 9.17) is 15.7 Å². The summed E-state index contributed by atoms with van der Waals surface area (Å²) in [5, 5.41) is 15.9. The maximum Gasteiger partial charge on any atom is 0.335 e. The number of fused-ring (bicyclic) bond motifs is 1. The average Bonchev–Trinajstić information content (AvgIpc) is 2.92. The van der Waals surface area contributed by atoms with Crippen LogP contribution in [-0.4, -0.2) is 47.7 Å². The van der Waals surface area contributed by atoms with E-state index in [-0.39, 0.29) is 11.9 Å². The number of nitrogens with zero attached hydrogens (tertiary/aromatic N) is 3. The topological polar surface area (TPSA) is 103 Å². The monoisotopic (exact) mass is 509 g/mol. The van der Waals surface area contributed by atoms with Crippen molar-refractivity contribution in [3.63, 3.8) is 0 Å². The van der Waals surface area contributed by atoms with Crippen molar-refractivity contribution in [1.82, 2.24) is 14.7 Å². The summed E-state index contributed by atoms with van der Waals surface area (Å²) in [6, 6.07) is 19.2. The fraction of sp³-hybridized carbons (Fsp3) is 0.333. The third-order valence-corrected chi connectivity index (χ3v) is 6.67. The minimum absolute atomic E-state index is 0.0258.